The van der Waals surface area contributed by atoms with E-state index in [2.05, 4.69) is 9.98 Å². The molecule has 1 aliphatic rings. The lowest BCUT2D eigenvalue weighted by molar-refractivity contribution is -0.134. The molecule has 1 aliphatic heterocycles. The number of hydrogen-bond acceptors (Lipinski definition) is 6. The average molecular weight is 453 g/mol. The van der Waals surface area contributed by atoms with Crippen molar-refractivity contribution in [3.63, 3.8) is 0 Å². The molecule has 0 saturated carbocycles. The Bertz CT molecular complexity index is 1640. The second kappa shape index (κ2) is 8.32. The molecule has 2 N–H and O–H groups in total. The quantitative estimate of drug-likeness (QED) is 0.459. The Hall–Kier alpha value is -4.72. The van der Waals surface area contributed by atoms with Crippen molar-refractivity contribution in [3.05, 3.63) is 98.7 Å². The van der Waals surface area contributed by atoms with E-state index in [1.54, 1.807) is 43.3 Å². The number of fused-ring (bicyclic) bond motifs is 2. The second-order valence-corrected chi connectivity index (χ2v) is 7.59. The van der Waals surface area contributed by atoms with Gasteiger partial charge in [-0.2, -0.15) is 0 Å². The fraction of sp³-hybridized carbons (Fsp3) is 0.0769. The molecular weight excluding hydrogens is 434 g/mol. The van der Waals surface area contributed by atoms with Crippen LogP contribution in [0.3, 0.4) is 0 Å². The number of esters is 1. The van der Waals surface area contributed by atoms with Gasteiger partial charge in [0.15, 0.2) is 5.71 Å². The molecule has 1 aromatic heterocycles. The first-order chi connectivity index (χ1) is 16.5. The first-order valence-electron chi connectivity index (χ1n) is 10.6. The number of ether oxygens (including phenoxy) is 1. The highest BCUT2D eigenvalue weighted by atomic mass is 16.5. The van der Waals surface area contributed by atoms with E-state index in [0.29, 0.717) is 27.9 Å². The lowest BCUT2D eigenvalue weighted by Gasteiger charge is -2.13. The number of aromatic amines is 1. The highest BCUT2D eigenvalue weighted by molar-refractivity contribution is 6.58. The molecule has 0 bridgehead atoms. The summed E-state index contributed by atoms with van der Waals surface area (Å²) in [6.45, 7) is 1.83. The fourth-order valence-electron chi connectivity index (χ4n) is 4.05. The number of aromatic nitrogens is 2. The normalized spacial score (nSPS) is 13.7. The van der Waals surface area contributed by atoms with E-state index in [0.717, 1.165) is 9.95 Å². The predicted molar refractivity (Wildman–Crippen MR) is 130 cm³/mol. The molecule has 0 radical (unpaired) electrons. The molecule has 0 amide bonds. The zero-order valence-corrected chi connectivity index (χ0v) is 18.1. The number of nitrogens with one attached hydrogen (secondary N) is 1. The smallest absolute Gasteiger partial charge is 0.357 e. The highest BCUT2D eigenvalue weighted by Gasteiger charge is 2.28. The van der Waals surface area contributed by atoms with Crippen molar-refractivity contribution in [1.82, 2.24) is 9.55 Å². The van der Waals surface area contributed by atoms with Crippen molar-refractivity contribution in [2.45, 2.75) is 6.92 Å². The molecule has 3 aromatic carbocycles. The number of nitrogens with zero attached hydrogens (tertiary/aromatic N) is 2. The maximum absolute atomic E-state index is 12.8. The molecule has 0 fully saturated rings. The third-order valence-corrected chi connectivity index (χ3v) is 5.57. The molecule has 0 aliphatic carbocycles. The Kier molecular flexibility index (Phi) is 5.18. The van der Waals surface area contributed by atoms with Crippen molar-refractivity contribution in [2.75, 3.05) is 6.61 Å². The summed E-state index contributed by atoms with van der Waals surface area (Å²) in [5.74, 6) is -1.20. The molecule has 0 unspecified atom stereocenters. The number of benzene rings is 3. The van der Waals surface area contributed by atoms with Crippen LogP contribution < -0.4 is 11.2 Å². The number of rotatable bonds is 4. The van der Waals surface area contributed by atoms with Gasteiger partial charge >= 0.3 is 11.7 Å². The molecule has 34 heavy (non-hydrogen) atoms. The van der Waals surface area contributed by atoms with Crippen LogP contribution in [0, 0.1) is 0 Å². The summed E-state index contributed by atoms with van der Waals surface area (Å²) >= 11 is 0. The van der Waals surface area contributed by atoms with E-state index in [1.165, 1.54) is 6.08 Å². The minimum atomic E-state index is -0.793. The molecule has 0 atom stereocenters. The molecule has 8 nitrogen and oxygen atoms in total. The van der Waals surface area contributed by atoms with Gasteiger partial charge in [0.05, 0.1) is 18.0 Å². The van der Waals surface area contributed by atoms with Gasteiger partial charge in [0.25, 0.3) is 5.56 Å². The van der Waals surface area contributed by atoms with E-state index in [9.17, 15) is 19.5 Å². The summed E-state index contributed by atoms with van der Waals surface area (Å²) in [5, 5.41) is 12.7. The number of hydrogen-bond donors (Lipinski definition) is 2. The van der Waals surface area contributed by atoms with Crippen LogP contribution >= 0.6 is 0 Å². The van der Waals surface area contributed by atoms with Crippen LogP contribution in [0.1, 0.15) is 18.1 Å². The molecule has 0 spiro atoms. The van der Waals surface area contributed by atoms with E-state index in [4.69, 9.17) is 4.74 Å². The zero-order chi connectivity index (χ0) is 23.8. The molecule has 0 saturated heterocycles. The summed E-state index contributed by atoms with van der Waals surface area (Å²) < 4.78 is 6.17. The first kappa shape index (κ1) is 21.1. The molecule has 5 rings (SSSR count). The number of aliphatic imine (C=N–C) groups is 1. The van der Waals surface area contributed by atoms with Crippen LogP contribution in [0.15, 0.2) is 81.3 Å². The Morgan fingerprint density at radius 2 is 1.79 bits per heavy atom. The minimum absolute atomic E-state index is 0.0183. The van der Waals surface area contributed by atoms with Gasteiger partial charge in [0, 0.05) is 16.5 Å². The van der Waals surface area contributed by atoms with Gasteiger partial charge in [-0.25, -0.2) is 19.1 Å². The SMILES string of the molecule is CCOC(=O)C1=Nc2ccccc2C1=Cc1c(O)n(-c2cccc3ccccc23)c(=O)[nH]c1=O. The van der Waals surface area contributed by atoms with Crippen molar-refractivity contribution in [2.24, 2.45) is 4.99 Å². The van der Waals surface area contributed by atoms with E-state index in [1.807, 2.05) is 30.3 Å². The Balaban J connectivity index is 1.76. The minimum Gasteiger partial charge on any atom is -0.494 e. The molecule has 168 valence electrons. The van der Waals surface area contributed by atoms with Gasteiger partial charge in [-0.15, -0.1) is 0 Å². The number of aromatic hydroxyl groups is 1. The molecular formula is C26H19N3O5. The zero-order valence-electron chi connectivity index (χ0n) is 18.1. The van der Waals surface area contributed by atoms with Gasteiger partial charge in [-0.05, 0) is 30.5 Å². The van der Waals surface area contributed by atoms with Crippen LogP contribution in [0.2, 0.25) is 0 Å². The highest BCUT2D eigenvalue weighted by Crippen LogP contribution is 2.37. The summed E-state index contributed by atoms with van der Waals surface area (Å²) in [7, 11) is 0. The molecule has 8 heteroatoms. The van der Waals surface area contributed by atoms with E-state index in [-0.39, 0.29) is 17.9 Å². The third kappa shape index (κ3) is 3.41. The van der Waals surface area contributed by atoms with E-state index < -0.39 is 23.1 Å². The number of carbonyl (C=O) groups is 1. The van der Waals surface area contributed by atoms with Gasteiger partial charge in [-0.3, -0.25) is 9.78 Å². The van der Waals surface area contributed by atoms with Gasteiger partial charge in [-0.1, -0.05) is 54.6 Å². The summed E-state index contributed by atoms with van der Waals surface area (Å²) in [6.07, 6.45) is 1.36. The number of para-hydroxylation sites is 1. The topological polar surface area (TPSA) is 114 Å². The Morgan fingerprint density at radius 1 is 1.06 bits per heavy atom. The Morgan fingerprint density at radius 3 is 2.62 bits per heavy atom. The third-order valence-electron chi connectivity index (χ3n) is 5.57. The van der Waals surface area contributed by atoms with Crippen LogP contribution in [-0.2, 0) is 9.53 Å². The van der Waals surface area contributed by atoms with Crippen molar-refractivity contribution in [1.29, 1.82) is 0 Å². The van der Waals surface area contributed by atoms with Crippen LogP contribution in [0.5, 0.6) is 5.88 Å². The summed E-state index contributed by atoms with van der Waals surface area (Å²) in [6, 6.07) is 19.7. The first-order valence-corrected chi connectivity index (χ1v) is 10.6. The molecule has 2 heterocycles. The number of H-pyrrole nitrogens is 1. The van der Waals surface area contributed by atoms with Crippen molar-refractivity contribution < 1.29 is 14.6 Å². The van der Waals surface area contributed by atoms with Crippen molar-refractivity contribution >= 4 is 39.8 Å². The van der Waals surface area contributed by atoms with Gasteiger partial charge in [0.1, 0.15) is 5.56 Å². The van der Waals surface area contributed by atoms with Gasteiger partial charge < -0.3 is 9.84 Å². The van der Waals surface area contributed by atoms with Gasteiger partial charge in [0.2, 0.25) is 5.88 Å². The molecule has 4 aromatic rings. The standard InChI is InChI=1S/C26H19N3O5/c1-2-34-25(32)22-18(17-11-5-6-12-20(17)27-22)14-19-23(30)28-26(33)29(24(19)31)21-13-7-9-15-8-3-4-10-16(15)21/h3-14,31H,2H2,1H3,(H,28,30,33). The number of carbonyl (C=O) groups excluding carboxylic acids is 1. The van der Waals surface area contributed by atoms with Crippen molar-refractivity contribution in [3.8, 4) is 11.6 Å². The maximum atomic E-state index is 12.8. The fourth-order valence-corrected chi connectivity index (χ4v) is 4.05. The van der Waals surface area contributed by atoms with Crippen LogP contribution in [0.4, 0.5) is 5.69 Å². The lowest BCUT2D eigenvalue weighted by Crippen LogP contribution is -2.30. The summed E-state index contributed by atoms with van der Waals surface area (Å²) in [5.41, 5.74) is 0.120. The maximum Gasteiger partial charge on any atom is 0.357 e. The second-order valence-electron chi connectivity index (χ2n) is 7.59. The Labute approximate surface area is 193 Å². The lowest BCUT2D eigenvalue weighted by atomic mass is 10.0. The predicted octanol–water partition coefficient (Wildman–Crippen LogP) is 3.57. The van der Waals surface area contributed by atoms with E-state index >= 15 is 0 Å². The average Bonchev–Trinajstić information content (AvgIpc) is 3.20. The van der Waals surface area contributed by atoms with Crippen LogP contribution in [0.25, 0.3) is 28.1 Å². The largest absolute Gasteiger partial charge is 0.494 e. The summed E-state index contributed by atoms with van der Waals surface area (Å²) in [4.78, 5) is 44.8. The van der Waals surface area contributed by atoms with Crippen LogP contribution in [-0.4, -0.2) is 32.9 Å². The monoisotopic (exact) mass is 453 g/mol.